The Balaban J connectivity index is 2.25. The maximum atomic E-state index is 12.0. The second-order valence-electron chi connectivity index (χ2n) is 3.96. The van der Waals surface area contributed by atoms with E-state index in [1.807, 2.05) is 13.0 Å². The Labute approximate surface area is 118 Å². The molecular weight excluding hydrogens is 314 g/mol. The molecule has 1 aromatic heterocycles. The number of aryl methyl sites for hydroxylation is 1. The summed E-state index contributed by atoms with van der Waals surface area (Å²) in [5.41, 5.74) is 2.11. The first-order chi connectivity index (χ1) is 8.49. The summed E-state index contributed by atoms with van der Waals surface area (Å²) >= 11 is 4.69. The number of phenolic OH excluding ortho intramolecular Hbond substituents is 1. The molecule has 0 spiro atoms. The molecule has 94 valence electrons. The van der Waals surface area contributed by atoms with E-state index in [2.05, 4.69) is 21.2 Å². The summed E-state index contributed by atoms with van der Waals surface area (Å²) in [5.74, 6) is 0.0530. The van der Waals surface area contributed by atoms with Crippen LogP contribution in [-0.2, 0) is 0 Å². The van der Waals surface area contributed by atoms with E-state index < -0.39 is 0 Å². The van der Waals surface area contributed by atoms with Crippen LogP contribution < -0.4 is 5.32 Å². The van der Waals surface area contributed by atoms with Crippen molar-refractivity contribution in [3.8, 4) is 5.75 Å². The van der Waals surface area contributed by atoms with Gasteiger partial charge in [-0.25, -0.2) is 0 Å². The van der Waals surface area contributed by atoms with Crippen molar-refractivity contribution in [1.82, 2.24) is 0 Å². The van der Waals surface area contributed by atoms with Crippen molar-refractivity contribution < 1.29 is 9.90 Å². The van der Waals surface area contributed by atoms with Gasteiger partial charge in [-0.3, -0.25) is 4.79 Å². The molecule has 2 rings (SSSR count). The lowest BCUT2D eigenvalue weighted by atomic mass is 10.1. The van der Waals surface area contributed by atoms with E-state index >= 15 is 0 Å². The summed E-state index contributed by atoms with van der Waals surface area (Å²) in [6, 6.07) is 7.17. The number of amides is 1. The number of carbonyl (C=O) groups excluding carboxylic acids is 1. The van der Waals surface area contributed by atoms with Gasteiger partial charge in [-0.1, -0.05) is 6.07 Å². The lowest BCUT2D eigenvalue weighted by molar-refractivity contribution is 0.103. The van der Waals surface area contributed by atoms with Crippen LogP contribution in [0.25, 0.3) is 0 Å². The van der Waals surface area contributed by atoms with Crippen molar-refractivity contribution in [3.05, 3.63) is 44.1 Å². The zero-order chi connectivity index (χ0) is 13.3. The minimum absolute atomic E-state index is 0.169. The first-order valence-electron chi connectivity index (χ1n) is 5.35. The largest absolute Gasteiger partial charge is 0.507 e. The van der Waals surface area contributed by atoms with Gasteiger partial charge in [0.2, 0.25) is 0 Å². The quantitative estimate of drug-likeness (QED) is 0.873. The highest BCUT2D eigenvalue weighted by Crippen LogP contribution is 2.29. The van der Waals surface area contributed by atoms with Crippen LogP contribution in [0.15, 0.2) is 28.1 Å². The SMILES string of the molecule is Cc1ccc(NC(=O)c2ccc(Br)s2)c(C)c1O. The summed E-state index contributed by atoms with van der Waals surface area (Å²) in [6.07, 6.45) is 0. The first kappa shape index (κ1) is 13.1. The second-order valence-corrected chi connectivity index (χ2v) is 6.42. The van der Waals surface area contributed by atoms with E-state index in [0.29, 0.717) is 16.1 Å². The Kier molecular flexibility index (Phi) is 3.73. The molecule has 0 atom stereocenters. The third-order valence-corrected chi connectivity index (χ3v) is 4.30. The summed E-state index contributed by atoms with van der Waals surface area (Å²) in [6.45, 7) is 3.60. The molecule has 2 aromatic rings. The molecule has 0 radical (unpaired) electrons. The molecule has 0 aliphatic carbocycles. The van der Waals surface area contributed by atoms with Crippen molar-refractivity contribution in [2.75, 3.05) is 5.32 Å². The monoisotopic (exact) mass is 325 g/mol. The topological polar surface area (TPSA) is 49.3 Å². The molecule has 0 bridgehead atoms. The summed E-state index contributed by atoms with van der Waals surface area (Å²) in [5, 5.41) is 12.6. The van der Waals surface area contributed by atoms with Crippen molar-refractivity contribution >= 4 is 38.9 Å². The van der Waals surface area contributed by atoms with Crippen LogP contribution in [0.5, 0.6) is 5.75 Å². The van der Waals surface area contributed by atoms with Crippen LogP contribution >= 0.6 is 27.3 Å². The maximum absolute atomic E-state index is 12.0. The molecule has 1 aromatic carbocycles. The number of hydrogen-bond donors (Lipinski definition) is 2. The molecule has 0 saturated heterocycles. The molecular formula is C13H12BrNO2S. The van der Waals surface area contributed by atoms with Crippen LogP contribution in [0.2, 0.25) is 0 Å². The van der Waals surface area contributed by atoms with E-state index in [1.54, 1.807) is 25.1 Å². The van der Waals surface area contributed by atoms with Gasteiger partial charge in [0.05, 0.1) is 8.66 Å². The highest BCUT2D eigenvalue weighted by atomic mass is 79.9. The van der Waals surface area contributed by atoms with Crippen molar-refractivity contribution in [2.45, 2.75) is 13.8 Å². The fraction of sp³-hybridized carbons (Fsp3) is 0.154. The molecule has 0 fully saturated rings. The Morgan fingerprint density at radius 2 is 2.00 bits per heavy atom. The minimum Gasteiger partial charge on any atom is -0.507 e. The number of nitrogens with one attached hydrogen (secondary N) is 1. The lowest BCUT2D eigenvalue weighted by Crippen LogP contribution is -2.11. The molecule has 0 aliphatic heterocycles. The third kappa shape index (κ3) is 2.57. The molecule has 0 unspecified atom stereocenters. The number of aromatic hydroxyl groups is 1. The predicted octanol–water partition coefficient (Wildman–Crippen LogP) is 4.09. The number of thiophene rings is 1. The van der Waals surface area contributed by atoms with Crippen molar-refractivity contribution in [2.24, 2.45) is 0 Å². The Morgan fingerprint density at radius 1 is 1.28 bits per heavy atom. The Hall–Kier alpha value is -1.33. The van der Waals surface area contributed by atoms with E-state index in [1.165, 1.54) is 11.3 Å². The fourth-order valence-corrected chi connectivity index (χ4v) is 2.87. The molecule has 1 heterocycles. The molecule has 2 N–H and O–H groups in total. The van der Waals surface area contributed by atoms with Gasteiger partial charge in [0.15, 0.2) is 0 Å². The molecule has 0 saturated carbocycles. The average Bonchev–Trinajstić information content (AvgIpc) is 2.77. The van der Waals surface area contributed by atoms with E-state index in [4.69, 9.17) is 0 Å². The molecule has 1 amide bonds. The van der Waals surface area contributed by atoms with Crippen LogP contribution in [0.3, 0.4) is 0 Å². The zero-order valence-corrected chi connectivity index (χ0v) is 12.4. The van der Waals surface area contributed by atoms with Gasteiger partial charge in [0, 0.05) is 11.3 Å². The second kappa shape index (κ2) is 5.12. The smallest absolute Gasteiger partial charge is 0.265 e. The molecule has 18 heavy (non-hydrogen) atoms. The Morgan fingerprint density at radius 3 is 2.61 bits per heavy atom. The highest BCUT2D eigenvalue weighted by molar-refractivity contribution is 9.11. The number of halogens is 1. The van der Waals surface area contributed by atoms with E-state index in [-0.39, 0.29) is 11.7 Å². The van der Waals surface area contributed by atoms with Crippen molar-refractivity contribution in [3.63, 3.8) is 0 Å². The standard InChI is InChI=1S/C13H12BrNO2S/c1-7-3-4-9(8(2)12(7)16)15-13(17)10-5-6-11(14)18-10/h3-6,16H,1-2H3,(H,15,17). The Bertz CT molecular complexity index is 607. The maximum Gasteiger partial charge on any atom is 0.265 e. The molecule has 0 aliphatic rings. The number of benzene rings is 1. The summed E-state index contributed by atoms with van der Waals surface area (Å²) in [4.78, 5) is 12.6. The first-order valence-corrected chi connectivity index (χ1v) is 6.96. The number of rotatable bonds is 2. The van der Waals surface area contributed by atoms with Gasteiger partial charge in [-0.2, -0.15) is 0 Å². The van der Waals surface area contributed by atoms with Gasteiger partial charge in [0.25, 0.3) is 5.91 Å². The molecule has 3 nitrogen and oxygen atoms in total. The average molecular weight is 326 g/mol. The van der Waals surface area contributed by atoms with Gasteiger partial charge in [0.1, 0.15) is 5.75 Å². The lowest BCUT2D eigenvalue weighted by Gasteiger charge is -2.10. The number of hydrogen-bond acceptors (Lipinski definition) is 3. The minimum atomic E-state index is -0.169. The van der Waals surface area contributed by atoms with Gasteiger partial charge in [-0.05, 0) is 53.5 Å². The van der Waals surface area contributed by atoms with E-state index in [0.717, 1.165) is 9.35 Å². The fourth-order valence-electron chi connectivity index (χ4n) is 1.59. The van der Waals surface area contributed by atoms with Crippen LogP contribution in [0, 0.1) is 13.8 Å². The van der Waals surface area contributed by atoms with Gasteiger partial charge >= 0.3 is 0 Å². The third-order valence-electron chi connectivity index (χ3n) is 2.68. The normalized spacial score (nSPS) is 10.4. The summed E-state index contributed by atoms with van der Waals surface area (Å²) < 4.78 is 0.913. The van der Waals surface area contributed by atoms with E-state index in [9.17, 15) is 9.90 Å². The summed E-state index contributed by atoms with van der Waals surface area (Å²) in [7, 11) is 0. The van der Waals surface area contributed by atoms with Crippen LogP contribution in [-0.4, -0.2) is 11.0 Å². The van der Waals surface area contributed by atoms with Crippen LogP contribution in [0.1, 0.15) is 20.8 Å². The molecule has 5 heteroatoms. The van der Waals surface area contributed by atoms with Gasteiger partial charge < -0.3 is 10.4 Å². The number of anilines is 1. The number of carbonyl (C=O) groups is 1. The van der Waals surface area contributed by atoms with Crippen LogP contribution in [0.4, 0.5) is 5.69 Å². The highest BCUT2D eigenvalue weighted by Gasteiger charge is 2.12. The predicted molar refractivity (Wildman–Crippen MR) is 77.6 cm³/mol. The van der Waals surface area contributed by atoms with Crippen molar-refractivity contribution in [1.29, 1.82) is 0 Å². The van der Waals surface area contributed by atoms with Gasteiger partial charge in [-0.15, -0.1) is 11.3 Å². The number of phenols is 1. The zero-order valence-electron chi connectivity index (χ0n) is 9.95.